The lowest BCUT2D eigenvalue weighted by Gasteiger charge is -2.19. The van der Waals surface area contributed by atoms with Gasteiger partial charge in [-0.25, -0.2) is 4.79 Å². The fraction of sp³-hybridized carbons (Fsp3) is 0.235. The van der Waals surface area contributed by atoms with Gasteiger partial charge < -0.3 is 14.8 Å². The van der Waals surface area contributed by atoms with Crippen LogP contribution in [-0.2, 0) is 11.3 Å². The standard InChI is InChI=1S/C17H16ClN3O5/c1-25-16-5-2-12(18)8-11(16)10-19-14-4-3-13(21(23)24)9-15(14)20-6-7-26-17(20)22/h2-5,8-9,19H,6-7,10H2,1H3. The molecule has 0 spiro atoms. The van der Waals surface area contributed by atoms with Gasteiger partial charge in [0.2, 0.25) is 0 Å². The second-order valence-electron chi connectivity index (χ2n) is 5.53. The van der Waals surface area contributed by atoms with Crippen molar-refractivity contribution in [3.05, 3.63) is 57.1 Å². The maximum Gasteiger partial charge on any atom is 0.414 e. The lowest BCUT2D eigenvalue weighted by atomic mass is 10.1. The first-order valence-electron chi connectivity index (χ1n) is 7.78. The third-order valence-electron chi connectivity index (χ3n) is 3.96. The first kappa shape index (κ1) is 17.8. The number of anilines is 2. The molecule has 1 saturated heterocycles. The number of halogens is 1. The van der Waals surface area contributed by atoms with Gasteiger partial charge in [0.05, 0.1) is 30.0 Å². The average molecular weight is 378 g/mol. The highest BCUT2D eigenvalue weighted by Gasteiger charge is 2.27. The Morgan fingerprint density at radius 1 is 1.35 bits per heavy atom. The van der Waals surface area contributed by atoms with E-state index < -0.39 is 11.0 Å². The monoisotopic (exact) mass is 377 g/mol. The third-order valence-corrected chi connectivity index (χ3v) is 4.19. The molecule has 0 saturated carbocycles. The topological polar surface area (TPSA) is 93.9 Å². The van der Waals surface area contributed by atoms with Gasteiger partial charge in [0, 0.05) is 29.3 Å². The molecule has 0 aliphatic carbocycles. The van der Waals surface area contributed by atoms with Gasteiger partial charge in [-0.05, 0) is 24.3 Å². The molecule has 1 N–H and O–H groups in total. The van der Waals surface area contributed by atoms with E-state index >= 15 is 0 Å². The number of amides is 1. The number of non-ortho nitro benzene ring substituents is 1. The summed E-state index contributed by atoms with van der Waals surface area (Å²) in [7, 11) is 1.56. The summed E-state index contributed by atoms with van der Waals surface area (Å²) in [6.45, 7) is 0.926. The lowest BCUT2D eigenvalue weighted by molar-refractivity contribution is -0.384. The van der Waals surface area contributed by atoms with Gasteiger partial charge in [-0.3, -0.25) is 15.0 Å². The van der Waals surface area contributed by atoms with Crippen molar-refractivity contribution in [2.45, 2.75) is 6.54 Å². The molecule has 2 aromatic rings. The molecule has 1 heterocycles. The van der Waals surface area contributed by atoms with E-state index in [1.54, 1.807) is 31.4 Å². The van der Waals surface area contributed by atoms with Crippen molar-refractivity contribution in [1.82, 2.24) is 0 Å². The first-order valence-corrected chi connectivity index (χ1v) is 8.16. The average Bonchev–Trinajstić information content (AvgIpc) is 3.05. The molecule has 0 bridgehead atoms. The number of carbonyl (C=O) groups is 1. The van der Waals surface area contributed by atoms with Crippen molar-refractivity contribution in [2.75, 3.05) is 30.5 Å². The molecule has 26 heavy (non-hydrogen) atoms. The molecule has 8 nitrogen and oxygen atoms in total. The molecule has 3 rings (SSSR count). The normalized spacial score (nSPS) is 13.5. The summed E-state index contributed by atoms with van der Waals surface area (Å²) in [5.74, 6) is 0.658. The molecular formula is C17H16ClN3O5. The zero-order valence-corrected chi connectivity index (χ0v) is 14.7. The Labute approximate surface area is 154 Å². The Hall–Kier alpha value is -3.00. The van der Waals surface area contributed by atoms with Gasteiger partial charge in [0.25, 0.3) is 5.69 Å². The molecule has 0 radical (unpaired) electrons. The number of hydrogen-bond acceptors (Lipinski definition) is 6. The van der Waals surface area contributed by atoms with Crippen molar-refractivity contribution in [1.29, 1.82) is 0 Å². The van der Waals surface area contributed by atoms with Crippen molar-refractivity contribution in [3.63, 3.8) is 0 Å². The van der Waals surface area contributed by atoms with Crippen LogP contribution >= 0.6 is 11.6 Å². The number of nitro benzene ring substituents is 1. The number of methoxy groups -OCH3 is 1. The number of nitrogens with zero attached hydrogens (tertiary/aromatic N) is 2. The van der Waals surface area contributed by atoms with Crippen LogP contribution in [0.3, 0.4) is 0 Å². The van der Waals surface area contributed by atoms with E-state index in [1.165, 1.54) is 17.0 Å². The second kappa shape index (κ2) is 7.49. The molecular weight excluding hydrogens is 362 g/mol. The Bertz CT molecular complexity index is 858. The summed E-state index contributed by atoms with van der Waals surface area (Å²) in [5, 5.41) is 14.8. The minimum absolute atomic E-state index is 0.106. The molecule has 0 unspecified atom stereocenters. The van der Waals surface area contributed by atoms with Crippen molar-refractivity contribution < 1.29 is 19.2 Å². The smallest absolute Gasteiger partial charge is 0.414 e. The van der Waals surface area contributed by atoms with Crippen LogP contribution in [0.1, 0.15) is 5.56 Å². The molecule has 0 atom stereocenters. The highest BCUT2D eigenvalue weighted by molar-refractivity contribution is 6.30. The van der Waals surface area contributed by atoms with Crippen LogP contribution in [0, 0.1) is 10.1 Å². The number of rotatable bonds is 6. The number of nitrogens with one attached hydrogen (secondary N) is 1. The summed E-state index contributed by atoms with van der Waals surface area (Å²) in [4.78, 5) is 23.8. The summed E-state index contributed by atoms with van der Waals surface area (Å²) >= 11 is 6.04. The van der Waals surface area contributed by atoms with E-state index in [0.29, 0.717) is 35.2 Å². The minimum Gasteiger partial charge on any atom is -0.496 e. The van der Waals surface area contributed by atoms with Crippen LogP contribution in [0.25, 0.3) is 0 Å². The van der Waals surface area contributed by atoms with Gasteiger partial charge in [0.1, 0.15) is 12.4 Å². The molecule has 1 aliphatic heterocycles. The van der Waals surface area contributed by atoms with Crippen LogP contribution in [0.15, 0.2) is 36.4 Å². The van der Waals surface area contributed by atoms with Crippen molar-refractivity contribution in [3.8, 4) is 5.75 Å². The Morgan fingerprint density at radius 2 is 2.15 bits per heavy atom. The van der Waals surface area contributed by atoms with E-state index in [9.17, 15) is 14.9 Å². The number of ether oxygens (including phenoxy) is 2. The Morgan fingerprint density at radius 3 is 2.81 bits per heavy atom. The molecule has 1 aliphatic rings. The Kier molecular flexibility index (Phi) is 5.13. The molecule has 136 valence electrons. The second-order valence-corrected chi connectivity index (χ2v) is 5.97. The van der Waals surface area contributed by atoms with Crippen molar-refractivity contribution in [2.24, 2.45) is 0 Å². The minimum atomic E-state index is -0.533. The molecule has 1 fully saturated rings. The predicted octanol–water partition coefficient (Wildman–Crippen LogP) is 3.83. The number of hydrogen-bond donors (Lipinski definition) is 1. The van der Waals surface area contributed by atoms with E-state index in [0.717, 1.165) is 5.56 Å². The summed E-state index contributed by atoms with van der Waals surface area (Å²) in [5.41, 5.74) is 1.66. The quantitative estimate of drug-likeness (QED) is 0.607. The van der Waals surface area contributed by atoms with Crippen LogP contribution in [-0.4, -0.2) is 31.3 Å². The molecule has 9 heteroatoms. The van der Waals surface area contributed by atoms with Crippen LogP contribution in [0.2, 0.25) is 5.02 Å². The van der Waals surface area contributed by atoms with Gasteiger partial charge in [-0.2, -0.15) is 0 Å². The van der Waals surface area contributed by atoms with Gasteiger partial charge in [-0.1, -0.05) is 11.6 Å². The number of carbonyl (C=O) groups excluding carboxylic acids is 1. The summed E-state index contributed by atoms with van der Waals surface area (Å²) < 4.78 is 10.3. The summed E-state index contributed by atoms with van der Waals surface area (Å²) in [6.07, 6.45) is -0.533. The van der Waals surface area contributed by atoms with Crippen LogP contribution in [0.5, 0.6) is 5.75 Å². The summed E-state index contributed by atoms with van der Waals surface area (Å²) in [6, 6.07) is 9.54. The molecule has 1 amide bonds. The van der Waals surface area contributed by atoms with Crippen LogP contribution < -0.4 is 15.0 Å². The van der Waals surface area contributed by atoms with E-state index in [4.69, 9.17) is 21.1 Å². The number of benzene rings is 2. The third kappa shape index (κ3) is 3.65. The van der Waals surface area contributed by atoms with Gasteiger partial charge >= 0.3 is 6.09 Å². The number of cyclic esters (lactones) is 1. The maximum atomic E-state index is 11.9. The zero-order chi connectivity index (χ0) is 18.7. The fourth-order valence-electron chi connectivity index (χ4n) is 2.69. The largest absolute Gasteiger partial charge is 0.496 e. The molecule has 0 aromatic heterocycles. The van der Waals surface area contributed by atoms with Gasteiger partial charge in [0.15, 0.2) is 0 Å². The van der Waals surface area contributed by atoms with Crippen molar-refractivity contribution >= 4 is 34.8 Å². The predicted molar refractivity (Wildman–Crippen MR) is 97.1 cm³/mol. The Balaban J connectivity index is 1.91. The fourth-order valence-corrected chi connectivity index (χ4v) is 2.89. The number of nitro groups is 1. The maximum absolute atomic E-state index is 11.9. The first-order chi connectivity index (χ1) is 12.5. The van der Waals surface area contributed by atoms with E-state index in [1.807, 2.05) is 0 Å². The molecule has 2 aromatic carbocycles. The van der Waals surface area contributed by atoms with E-state index in [2.05, 4.69) is 5.32 Å². The highest BCUT2D eigenvalue weighted by atomic mass is 35.5. The van der Waals surface area contributed by atoms with Gasteiger partial charge in [-0.15, -0.1) is 0 Å². The lowest BCUT2D eigenvalue weighted by Crippen LogP contribution is -2.24. The van der Waals surface area contributed by atoms with Crippen LogP contribution in [0.4, 0.5) is 21.9 Å². The van der Waals surface area contributed by atoms with E-state index in [-0.39, 0.29) is 12.3 Å². The SMILES string of the molecule is COc1ccc(Cl)cc1CNc1ccc([N+](=O)[O-])cc1N1CCOC1=O. The highest BCUT2D eigenvalue weighted by Crippen LogP contribution is 2.33. The zero-order valence-electron chi connectivity index (χ0n) is 13.9.